The molecule has 1 aromatic heterocycles. The highest BCUT2D eigenvalue weighted by Gasteiger charge is 1.99. The Morgan fingerprint density at radius 1 is 1.42 bits per heavy atom. The van der Waals surface area contributed by atoms with Crippen molar-refractivity contribution in [3.05, 3.63) is 24.3 Å². The van der Waals surface area contributed by atoms with Crippen LogP contribution in [-0.4, -0.2) is 35.0 Å². The van der Waals surface area contributed by atoms with Crippen LogP contribution < -0.4 is 5.73 Å². The van der Waals surface area contributed by atoms with Crippen LogP contribution in [0.2, 0.25) is 0 Å². The van der Waals surface area contributed by atoms with E-state index in [2.05, 4.69) is 14.9 Å². The minimum atomic E-state index is 0.670. The summed E-state index contributed by atoms with van der Waals surface area (Å²) in [7, 11) is 2.00. The second-order valence-electron chi connectivity index (χ2n) is 2.69. The van der Waals surface area contributed by atoms with Crippen LogP contribution in [0.5, 0.6) is 0 Å². The molecule has 1 rings (SSSR count). The van der Waals surface area contributed by atoms with Crippen molar-refractivity contribution in [3.8, 4) is 0 Å². The number of nitrogens with two attached hydrogens (primary N) is 1. The van der Waals surface area contributed by atoms with Gasteiger partial charge in [0.05, 0.1) is 6.54 Å². The highest BCUT2D eigenvalue weighted by molar-refractivity contribution is 4.87. The zero-order valence-corrected chi connectivity index (χ0v) is 7.27. The summed E-state index contributed by atoms with van der Waals surface area (Å²) in [6.45, 7) is 2.31. The minimum absolute atomic E-state index is 0.670. The van der Waals surface area contributed by atoms with Crippen LogP contribution in [-0.2, 0) is 6.54 Å². The fraction of sp³-hybridized carbons (Fsp3) is 0.500. The summed E-state index contributed by atoms with van der Waals surface area (Å²) in [5, 5.41) is 0. The summed E-state index contributed by atoms with van der Waals surface area (Å²) >= 11 is 0. The topological polar surface area (TPSA) is 55.0 Å². The van der Waals surface area contributed by atoms with Crippen LogP contribution in [0.25, 0.3) is 0 Å². The van der Waals surface area contributed by atoms with Gasteiger partial charge in [-0.1, -0.05) is 0 Å². The van der Waals surface area contributed by atoms with E-state index in [0.29, 0.717) is 6.54 Å². The van der Waals surface area contributed by atoms with Gasteiger partial charge in [-0.3, -0.25) is 4.90 Å². The van der Waals surface area contributed by atoms with E-state index in [9.17, 15) is 0 Å². The number of hydrogen-bond acceptors (Lipinski definition) is 4. The molecule has 0 aromatic carbocycles. The van der Waals surface area contributed by atoms with E-state index in [-0.39, 0.29) is 0 Å². The molecule has 12 heavy (non-hydrogen) atoms. The lowest BCUT2D eigenvalue weighted by Gasteiger charge is -2.13. The normalized spacial score (nSPS) is 10.6. The van der Waals surface area contributed by atoms with Gasteiger partial charge in [0.1, 0.15) is 5.82 Å². The van der Waals surface area contributed by atoms with Crippen LogP contribution >= 0.6 is 0 Å². The first kappa shape index (κ1) is 9.09. The molecule has 0 aliphatic heterocycles. The zero-order valence-electron chi connectivity index (χ0n) is 7.27. The highest BCUT2D eigenvalue weighted by Crippen LogP contribution is 1.92. The van der Waals surface area contributed by atoms with Gasteiger partial charge in [0.2, 0.25) is 0 Å². The maximum absolute atomic E-state index is 5.40. The lowest BCUT2D eigenvalue weighted by molar-refractivity contribution is 0.327. The molecular weight excluding hydrogens is 152 g/mol. The quantitative estimate of drug-likeness (QED) is 0.677. The van der Waals surface area contributed by atoms with Gasteiger partial charge < -0.3 is 5.73 Å². The first-order valence-corrected chi connectivity index (χ1v) is 3.97. The van der Waals surface area contributed by atoms with Crippen molar-refractivity contribution in [2.45, 2.75) is 6.54 Å². The maximum atomic E-state index is 5.40. The van der Waals surface area contributed by atoms with E-state index in [1.807, 2.05) is 13.1 Å². The van der Waals surface area contributed by atoms with Gasteiger partial charge >= 0.3 is 0 Å². The number of rotatable bonds is 4. The molecule has 0 bridgehead atoms. The molecular formula is C8H14N4. The Hall–Kier alpha value is -1.00. The molecule has 0 saturated carbocycles. The van der Waals surface area contributed by atoms with Crippen molar-refractivity contribution >= 4 is 0 Å². The average Bonchev–Trinajstić information content (AvgIpc) is 2.06. The highest BCUT2D eigenvalue weighted by atomic mass is 15.1. The number of hydrogen-bond donors (Lipinski definition) is 1. The van der Waals surface area contributed by atoms with E-state index in [1.54, 1.807) is 12.4 Å². The summed E-state index contributed by atoms with van der Waals surface area (Å²) in [4.78, 5) is 10.3. The molecule has 4 heteroatoms. The van der Waals surface area contributed by atoms with Crippen LogP contribution in [0.1, 0.15) is 5.82 Å². The van der Waals surface area contributed by atoms with Crippen molar-refractivity contribution in [3.63, 3.8) is 0 Å². The molecule has 0 unspecified atom stereocenters. The van der Waals surface area contributed by atoms with E-state index >= 15 is 0 Å². The molecule has 1 heterocycles. The molecule has 0 aliphatic carbocycles. The largest absolute Gasteiger partial charge is 0.329 e. The van der Waals surface area contributed by atoms with E-state index in [4.69, 9.17) is 5.73 Å². The Morgan fingerprint density at radius 2 is 2.08 bits per heavy atom. The van der Waals surface area contributed by atoms with Crippen molar-refractivity contribution < 1.29 is 0 Å². The molecule has 0 saturated heterocycles. The number of nitrogens with zero attached hydrogens (tertiary/aromatic N) is 3. The molecule has 66 valence electrons. The van der Waals surface area contributed by atoms with Crippen molar-refractivity contribution in [2.75, 3.05) is 20.1 Å². The Bertz CT molecular complexity index is 212. The lowest BCUT2D eigenvalue weighted by Crippen LogP contribution is -2.25. The standard InChI is InChI=1S/C8H14N4/c1-12(6-3-9)7-8-10-4-2-5-11-8/h2,4-5H,3,6-7,9H2,1H3. The summed E-state index contributed by atoms with van der Waals surface area (Å²) in [5.41, 5.74) is 5.40. The van der Waals surface area contributed by atoms with Gasteiger partial charge in [-0.2, -0.15) is 0 Å². The molecule has 4 nitrogen and oxygen atoms in total. The van der Waals surface area contributed by atoms with Gasteiger partial charge in [0.15, 0.2) is 0 Å². The van der Waals surface area contributed by atoms with E-state index in [1.165, 1.54) is 0 Å². The second kappa shape index (κ2) is 4.79. The fourth-order valence-corrected chi connectivity index (χ4v) is 0.952. The van der Waals surface area contributed by atoms with Crippen LogP contribution in [0.4, 0.5) is 0 Å². The molecule has 0 fully saturated rings. The third kappa shape index (κ3) is 2.94. The Balaban J connectivity index is 2.41. The third-order valence-corrected chi connectivity index (χ3v) is 1.54. The predicted octanol–water partition coefficient (Wildman–Crippen LogP) is -0.133. The molecule has 1 aromatic rings. The smallest absolute Gasteiger partial charge is 0.142 e. The fourth-order valence-electron chi connectivity index (χ4n) is 0.952. The Labute approximate surface area is 72.4 Å². The third-order valence-electron chi connectivity index (χ3n) is 1.54. The monoisotopic (exact) mass is 166 g/mol. The van der Waals surface area contributed by atoms with Gasteiger partial charge in [-0.25, -0.2) is 9.97 Å². The molecule has 0 spiro atoms. The maximum Gasteiger partial charge on any atom is 0.142 e. The van der Waals surface area contributed by atoms with Gasteiger partial charge in [0, 0.05) is 25.5 Å². The molecule has 0 amide bonds. The summed E-state index contributed by atoms with van der Waals surface area (Å²) in [5.74, 6) is 0.841. The van der Waals surface area contributed by atoms with Crippen LogP contribution in [0, 0.1) is 0 Å². The van der Waals surface area contributed by atoms with E-state index < -0.39 is 0 Å². The minimum Gasteiger partial charge on any atom is -0.329 e. The number of aromatic nitrogens is 2. The first-order valence-electron chi connectivity index (χ1n) is 3.97. The van der Waals surface area contributed by atoms with Crippen LogP contribution in [0.15, 0.2) is 18.5 Å². The first-order chi connectivity index (χ1) is 5.83. The van der Waals surface area contributed by atoms with Gasteiger partial charge in [-0.15, -0.1) is 0 Å². The van der Waals surface area contributed by atoms with E-state index in [0.717, 1.165) is 18.9 Å². The lowest BCUT2D eigenvalue weighted by atomic mass is 10.5. The van der Waals surface area contributed by atoms with Gasteiger partial charge in [0.25, 0.3) is 0 Å². The summed E-state index contributed by atoms with van der Waals surface area (Å²) in [6.07, 6.45) is 3.50. The molecule has 0 atom stereocenters. The second-order valence-corrected chi connectivity index (χ2v) is 2.69. The van der Waals surface area contributed by atoms with Crippen molar-refractivity contribution in [1.29, 1.82) is 0 Å². The van der Waals surface area contributed by atoms with Crippen LogP contribution in [0.3, 0.4) is 0 Å². The Kier molecular flexibility index (Phi) is 3.63. The SMILES string of the molecule is CN(CCN)Cc1ncccn1. The number of likely N-dealkylation sites (N-methyl/N-ethyl adjacent to an activating group) is 1. The van der Waals surface area contributed by atoms with Crippen molar-refractivity contribution in [1.82, 2.24) is 14.9 Å². The molecule has 2 N–H and O–H groups in total. The van der Waals surface area contributed by atoms with Gasteiger partial charge in [-0.05, 0) is 13.1 Å². The Morgan fingerprint density at radius 3 is 2.67 bits per heavy atom. The molecule has 0 radical (unpaired) electrons. The van der Waals surface area contributed by atoms with Crippen molar-refractivity contribution in [2.24, 2.45) is 5.73 Å². The molecule has 0 aliphatic rings. The zero-order chi connectivity index (χ0) is 8.81. The predicted molar refractivity (Wildman–Crippen MR) is 47.4 cm³/mol. The summed E-state index contributed by atoms with van der Waals surface area (Å²) in [6, 6.07) is 1.81. The summed E-state index contributed by atoms with van der Waals surface area (Å²) < 4.78 is 0. The average molecular weight is 166 g/mol.